The highest BCUT2D eigenvalue weighted by atomic mass is 32.1. The van der Waals surface area contributed by atoms with E-state index in [9.17, 15) is 4.79 Å². The summed E-state index contributed by atoms with van der Waals surface area (Å²) in [6, 6.07) is 8.16. The number of hydrogen-bond acceptors (Lipinski definition) is 7. The van der Waals surface area contributed by atoms with E-state index in [1.807, 2.05) is 17.5 Å². The third-order valence-electron chi connectivity index (χ3n) is 5.79. The Labute approximate surface area is 193 Å². The van der Waals surface area contributed by atoms with Crippen molar-refractivity contribution >= 4 is 22.4 Å². The van der Waals surface area contributed by atoms with E-state index in [1.165, 1.54) is 29.7 Å². The molecule has 0 aliphatic carbocycles. The van der Waals surface area contributed by atoms with Crippen LogP contribution in [0.4, 0.5) is 5.13 Å². The molecular formula is C24H31N5O2S. The number of rotatable bonds is 8. The van der Waals surface area contributed by atoms with Gasteiger partial charge >= 0.3 is 0 Å². The van der Waals surface area contributed by atoms with E-state index in [0.717, 1.165) is 36.8 Å². The fourth-order valence-corrected chi connectivity index (χ4v) is 4.71. The smallest absolute Gasteiger partial charge is 0.227 e. The molecule has 1 atom stereocenters. The van der Waals surface area contributed by atoms with Crippen molar-refractivity contribution in [3.63, 3.8) is 0 Å². The largest absolute Gasteiger partial charge is 0.339 e. The molecule has 0 bridgehead atoms. The van der Waals surface area contributed by atoms with Gasteiger partial charge in [0.05, 0.1) is 5.69 Å². The number of nitrogens with one attached hydrogen (secondary N) is 1. The van der Waals surface area contributed by atoms with Gasteiger partial charge in [-0.05, 0) is 36.8 Å². The van der Waals surface area contributed by atoms with E-state index in [-0.39, 0.29) is 12.3 Å². The SMILES string of the molecule is CC1CCCN(Cc2csc(NC(=O)CCc3nc(-c4ccc(C(C)C)cc4)no3)n2)C1. The number of thiazole rings is 1. The van der Waals surface area contributed by atoms with E-state index >= 15 is 0 Å². The summed E-state index contributed by atoms with van der Waals surface area (Å²) in [6.07, 6.45) is 3.22. The first-order valence-electron chi connectivity index (χ1n) is 11.4. The number of anilines is 1. The normalized spacial score (nSPS) is 17.1. The van der Waals surface area contributed by atoms with Crippen molar-refractivity contribution in [1.82, 2.24) is 20.0 Å². The van der Waals surface area contributed by atoms with Crippen LogP contribution in [0.25, 0.3) is 11.4 Å². The fraction of sp³-hybridized carbons (Fsp3) is 0.500. The van der Waals surface area contributed by atoms with Gasteiger partial charge in [0.15, 0.2) is 5.13 Å². The Morgan fingerprint density at radius 1 is 1.28 bits per heavy atom. The number of likely N-dealkylation sites (tertiary alicyclic amines) is 1. The quantitative estimate of drug-likeness (QED) is 0.510. The van der Waals surface area contributed by atoms with E-state index < -0.39 is 0 Å². The molecule has 0 spiro atoms. The van der Waals surface area contributed by atoms with Crippen LogP contribution >= 0.6 is 11.3 Å². The summed E-state index contributed by atoms with van der Waals surface area (Å²) in [7, 11) is 0. The lowest BCUT2D eigenvalue weighted by atomic mass is 10.0. The van der Waals surface area contributed by atoms with Gasteiger partial charge in [-0.25, -0.2) is 4.98 Å². The first-order valence-corrected chi connectivity index (χ1v) is 12.2. The Morgan fingerprint density at radius 2 is 2.09 bits per heavy atom. The molecule has 1 saturated heterocycles. The van der Waals surface area contributed by atoms with Gasteiger partial charge < -0.3 is 9.84 Å². The minimum absolute atomic E-state index is 0.0986. The number of hydrogen-bond donors (Lipinski definition) is 1. The van der Waals surface area contributed by atoms with Gasteiger partial charge in [-0.1, -0.05) is 50.2 Å². The molecule has 1 aliphatic heterocycles. The van der Waals surface area contributed by atoms with Gasteiger partial charge in [-0.3, -0.25) is 9.69 Å². The first kappa shape index (κ1) is 22.6. The zero-order chi connectivity index (χ0) is 22.5. The van der Waals surface area contributed by atoms with Gasteiger partial charge in [0, 0.05) is 36.9 Å². The Bertz CT molecular complexity index is 1030. The molecule has 1 unspecified atom stereocenters. The van der Waals surface area contributed by atoms with Crippen molar-refractivity contribution in [2.45, 2.75) is 58.9 Å². The molecular weight excluding hydrogens is 422 g/mol. The number of piperidine rings is 1. The maximum atomic E-state index is 12.4. The van der Waals surface area contributed by atoms with Gasteiger partial charge in [0.2, 0.25) is 17.6 Å². The predicted molar refractivity (Wildman–Crippen MR) is 127 cm³/mol. The molecule has 1 N–H and O–H groups in total. The molecule has 3 aromatic rings. The summed E-state index contributed by atoms with van der Waals surface area (Å²) in [4.78, 5) is 23.8. The molecule has 32 heavy (non-hydrogen) atoms. The number of aryl methyl sites for hydroxylation is 1. The number of benzene rings is 1. The van der Waals surface area contributed by atoms with Crippen LogP contribution in [0.3, 0.4) is 0 Å². The molecule has 170 valence electrons. The highest BCUT2D eigenvalue weighted by Crippen LogP contribution is 2.22. The zero-order valence-electron chi connectivity index (χ0n) is 19.0. The third kappa shape index (κ3) is 6.01. The predicted octanol–water partition coefficient (Wildman–Crippen LogP) is 5.12. The summed E-state index contributed by atoms with van der Waals surface area (Å²) in [5.74, 6) is 2.13. The van der Waals surface area contributed by atoms with Gasteiger partial charge in [-0.15, -0.1) is 11.3 Å². The number of amides is 1. The van der Waals surface area contributed by atoms with Crippen LogP contribution in [0.5, 0.6) is 0 Å². The zero-order valence-corrected chi connectivity index (χ0v) is 19.8. The van der Waals surface area contributed by atoms with Crippen LogP contribution in [0, 0.1) is 5.92 Å². The molecule has 8 heteroatoms. The number of carbonyl (C=O) groups is 1. The molecule has 1 aromatic carbocycles. The van der Waals surface area contributed by atoms with Crippen molar-refractivity contribution in [2.75, 3.05) is 18.4 Å². The summed E-state index contributed by atoms with van der Waals surface area (Å²) in [5.41, 5.74) is 3.20. The first-order chi connectivity index (χ1) is 15.5. The molecule has 1 fully saturated rings. The lowest BCUT2D eigenvalue weighted by Crippen LogP contribution is -2.33. The molecule has 0 radical (unpaired) electrons. The molecule has 2 aromatic heterocycles. The van der Waals surface area contributed by atoms with Gasteiger partial charge in [0.25, 0.3) is 0 Å². The minimum Gasteiger partial charge on any atom is -0.339 e. The highest BCUT2D eigenvalue weighted by Gasteiger charge is 2.18. The average Bonchev–Trinajstić information content (AvgIpc) is 3.42. The average molecular weight is 454 g/mol. The molecule has 7 nitrogen and oxygen atoms in total. The number of nitrogens with zero attached hydrogens (tertiary/aromatic N) is 4. The molecule has 4 rings (SSSR count). The summed E-state index contributed by atoms with van der Waals surface area (Å²) in [6.45, 7) is 9.71. The molecule has 1 amide bonds. The lowest BCUT2D eigenvalue weighted by Gasteiger charge is -2.30. The van der Waals surface area contributed by atoms with Gasteiger partial charge in [0.1, 0.15) is 0 Å². The van der Waals surface area contributed by atoms with E-state index in [2.05, 4.69) is 58.2 Å². The van der Waals surface area contributed by atoms with Gasteiger partial charge in [-0.2, -0.15) is 4.98 Å². The fourth-order valence-electron chi connectivity index (χ4n) is 3.99. The summed E-state index contributed by atoms with van der Waals surface area (Å²) >= 11 is 1.47. The number of aromatic nitrogens is 3. The van der Waals surface area contributed by atoms with Crippen LogP contribution in [0.1, 0.15) is 63.1 Å². The Kier molecular flexibility index (Phi) is 7.32. The summed E-state index contributed by atoms with van der Waals surface area (Å²) < 4.78 is 5.34. The second-order valence-corrected chi connectivity index (χ2v) is 9.82. The van der Waals surface area contributed by atoms with E-state index in [4.69, 9.17) is 4.52 Å². The number of carbonyl (C=O) groups excluding carboxylic acids is 1. The topological polar surface area (TPSA) is 84.2 Å². The standard InChI is InChI=1S/C24H31N5O2S/c1-16(2)18-6-8-19(9-7-18)23-27-22(31-28-23)11-10-21(30)26-24-25-20(15-32-24)14-29-12-4-5-17(3)13-29/h6-9,15-17H,4-5,10-14H2,1-3H3,(H,25,26,30). The van der Waals surface area contributed by atoms with Crippen molar-refractivity contribution in [1.29, 1.82) is 0 Å². The third-order valence-corrected chi connectivity index (χ3v) is 6.60. The minimum atomic E-state index is -0.0986. The molecule has 0 saturated carbocycles. The summed E-state index contributed by atoms with van der Waals surface area (Å²) in [5, 5.41) is 9.62. The van der Waals surface area contributed by atoms with Crippen LogP contribution in [0.15, 0.2) is 34.2 Å². The lowest BCUT2D eigenvalue weighted by molar-refractivity contribution is -0.116. The van der Waals surface area contributed by atoms with Crippen LogP contribution < -0.4 is 5.32 Å². The van der Waals surface area contributed by atoms with Crippen molar-refractivity contribution in [3.8, 4) is 11.4 Å². The molecule has 3 heterocycles. The second-order valence-electron chi connectivity index (χ2n) is 8.96. The maximum absolute atomic E-state index is 12.4. The van der Waals surface area contributed by atoms with Crippen LogP contribution in [-0.2, 0) is 17.8 Å². The van der Waals surface area contributed by atoms with Crippen molar-refractivity contribution < 1.29 is 9.32 Å². The van der Waals surface area contributed by atoms with Crippen LogP contribution in [-0.4, -0.2) is 39.0 Å². The molecule has 1 aliphatic rings. The van der Waals surface area contributed by atoms with E-state index in [0.29, 0.717) is 29.2 Å². The Hall–Kier alpha value is -2.58. The second kappa shape index (κ2) is 10.4. The maximum Gasteiger partial charge on any atom is 0.227 e. The van der Waals surface area contributed by atoms with Crippen molar-refractivity contribution in [3.05, 3.63) is 46.8 Å². The highest BCUT2D eigenvalue weighted by molar-refractivity contribution is 7.13. The monoisotopic (exact) mass is 453 g/mol. The Balaban J connectivity index is 1.25. The van der Waals surface area contributed by atoms with Crippen molar-refractivity contribution in [2.24, 2.45) is 5.92 Å². The van der Waals surface area contributed by atoms with E-state index in [1.54, 1.807) is 0 Å². The van der Waals surface area contributed by atoms with Crippen LogP contribution in [0.2, 0.25) is 0 Å². The Morgan fingerprint density at radius 3 is 2.84 bits per heavy atom.